The minimum Gasteiger partial charge on any atom is -0.455 e. The predicted molar refractivity (Wildman–Crippen MR) is 102 cm³/mol. The van der Waals surface area contributed by atoms with E-state index in [1.807, 2.05) is 36.4 Å². The quantitative estimate of drug-likeness (QED) is 0.492. The van der Waals surface area contributed by atoms with Crippen molar-refractivity contribution in [3.8, 4) is 11.5 Å². The summed E-state index contributed by atoms with van der Waals surface area (Å²) in [7, 11) is 0. The van der Waals surface area contributed by atoms with Gasteiger partial charge in [0.1, 0.15) is 11.6 Å². The number of carbonyl (C=O) groups excluding carboxylic acids is 1. The fraction of sp³-hybridized carbons (Fsp3) is 0.0476. The second kappa shape index (κ2) is 9.15. The highest BCUT2D eigenvalue weighted by molar-refractivity contribution is 5.93. The molecule has 0 aliphatic rings. The predicted octanol–water partition coefficient (Wildman–Crippen LogP) is 4.61. The highest BCUT2D eigenvalue weighted by Gasteiger charge is 2.08. The molecule has 3 aromatic carbocycles. The van der Waals surface area contributed by atoms with E-state index >= 15 is 0 Å². The number of nitrogens with one attached hydrogen (secondary N) is 1. The van der Waals surface area contributed by atoms with Crippen molar-refractivity contribution in [3.63, 3.8) is 0 Å². The largest absolute Gasteiger partial charge is 0.455 e. The van der Waals surface area contributed by atoms with Crippen LogP contribution in [-0.4, -0.2) is 18.7 Å². The molecule has 1 N–H and O–H groups in total. The molecule has 0 unspecified atom stereocenters. The number of halogens is 1. The van der Waals surface area contributed by atoms with Crippen LogP contribution in [0.5, 0.6) is 11.5 Å². The van der Waals surface area contributed by atoms with Crippen LogP contribution in [-0.2, 0) is 9.63 Å². The maximum absolute atomic E-state index is 13.1. The summed E-state index contributed by atoms with van der Waals surface area (Å²) in [6.07, 6.45) is 1.34. The Morgan fingerprint density at radius 2 is 1.78 bits per heavy atom. The van der Waals surface area contributed by atoms with Crippen LogP contribution in [0.15, 0.2) is 84.0 Å². The maximum atomic E-state index is 13.1. The van der Waals surface area contributed by atoms with Gasteiger partial charge in [-0.25, -0.2) is 4.39 Å². The van der Waals surface area contributed by atoms with Crippen LogP contribution in [0.25, 0.3) is 0 Å². The lowest BCUT2D eigenvalue weighted by Crippen LogP contribution is -2.17. The first-order valence-corrected chi connectivity index (χ1v) is 8.23. The zero-order valence-electron chi connectivity index (χ0n) is 14.3. The molecule has 0 aliphatic carbocycles. The van der Waals surface area contributed by atoms with Gasteiger partial charge in [0, 0.05) is 0 Å². The lowest BCUT2D eigenvalue weighted by molar-refractivity contribution is -0.120. The Balaban J connectivity index is 1.55. The molecule has 0 bridgehead atoms. The first kappa shape index (κ1) is 18.1. The molecule has 0 radical (unpaired) electrons. The van der Waals surface area contributed by atoms with Crippen molar-refractivity contribution < 1.29 is 18.8 Å². The molecule has 6 heteroatoms. The maximum Gasteiger partial charge on any atom is 0.265 e. The van der Waals surface area contributed by atoms with Crippen molar-refractivity contribution in [2.45, 2.75) is 0 Å². The average Bonchev–Trinajstić information content (AvgIpc) is 2.68. The zero-order valence-corrected chi connectivity index (χ0v) is 14.3. The third kappa shape index (κ3) is 5.67. The Hall–Kier alpha value is -3.67. The van der Waals surface area contributed by atoms with Crippen molar-refractivity contribution in [1.29, 1.82) is 0 Å². The van der Waals surface area contributed by atoms with E-state index in [0.29, 0.717) is 22.7 Å². The van der Waals surface area contributed by atoms with Gasteiger partial charge in [0.2, 0.25) is 0 Å². The van der Waals surface area contributed by atoms with Gasteiger partial charge in [-0.1, -0.05) is 47.6 Å². The number of nitrogens with zero attached hydrogens (tertiary/aromatic N) is 1. The summed E-state index contributed by atoms with van der Waals surface area (Å²) in [5.74, 6) is 0.415. The molecule has 27 heavy (non-hydrogen) atoms. The highest BCUT2D eigenvalue weighted by atomic mass is 19.1. The minimum absolute atomic E-state index is 0.286. The molecule has 0 aromatic heterocycles. The SMILES string of the molecule is O=C(CO/N=C\c1cccc(F)c1)Nc1ccccc1Oc1ccccc1. The van der Waals surface area contributed by atoms with E-state index in [9.17, 15) is 9.18 Å². The fourth-order valence-corrected chi connectivity index (χ4v) is 2.24. The molecule has 3 aromatic rings. The molecule has 0 heterocycles. The summed E-state index contributed by atoms with van der Waals surface area (Å²) in [5.41, 5.74) is 1.06. The second-order valence-corrected chi connectivity index (χ2v) is 5.52. The summed E-state index contributed by atoms with van der Waals surface area (Å²) in [6.45, 7) is -0.286. The number of anilines is 1. The molecule has 0 saturated heterocycles. The second-order valence-electron chi connectivity index (χ2n) is 5.52. The van der Waals surface area contributed by atoms with Crippen molar-refractivity contribution >= 4 is 17.8 Å². The van der Waals surface area contributed by atoms with Crippen molar-refractivity contribution in [1.82, 2.24) is 0 Å². The summed E-state index contributed by atoms with van der Waals surface area (Å²) in [4.78, 5) is 17.0. The molecule has 0 atom stereocenters. The topological polar surface area (TPSA) is 59.9 Å². The number of ether oxygens (including phenoxy) is 1. The minimum atomic E-state index is -0.393. The van der Waals surface area contributed by atoms with Gasteiger partial charge in [-0.3, -0.25) is 4.79 Å². The van der Waals surface area contributed by atoms with Gasteiger partial charge < -0.3 is 14.9 Å². The first-order chi connectivity index (χ1) is 13.2. The van der Waals surface area contributed by atoms with E-state index in [1.54, 1.807) is 30.3 Å². The van der Waals surface area contributed by atoms with Gasteiger partial charge in [-0.2, -0.15) is 0 Å². The number of hydrogen-bond acceptors (Lipinski definition) is 4. The van der Waals surface area contributed by atoms with Crippen LogP contribution >= 0.6 is 0 Å². The highest BCUT2D eigenvalue weighted by Crippen LogP contribution is 2.28. The molecule has 5 nitrogen and oxygen atoms in total. The number of oxime groups is 1. The number of hydrogen-bond donors (Lipinski definition) is 1. The van der Waals surface area contributed by atoms with Crippen LogP contribution < -0.4 is 10.1 Å². The molecular formula is C21H17FN2O3. The van der Waals surface area contributed by atoms with Gasteiger partial charge in [-0.15, -0.1) is 0 Å². The average molecular weight is 364 g/mol. The molecule has 0 spiro atoms. The standard InChI is InChI=1S/C21H17FN2O3/c22-17-8-6-7-16(13-17)14-23-26-15-21(25)24-19-11-4-5-12-20(19)27-18-9-2-1-3-10-18/h1-14H,15H2,(H,24,25)/b23-14-. The number of benzene rings is 3. The smallest absolute Gasteiger partial charge is 0.265 e. The van der Waals surface area contributed by atoms with Crippen molar-refractivity contribution in [2.24, 2.45) is 5.16 Å². The van der Waals surface area contributed by atoms with E-state index in [0.717, 1.165) is 0 Å². The lowest BCUT2D eigenvalue weighted by Gasteiger charge is -2.11. The lowest BCUT2D eigenvalue weighted by atomic mass is 10.2. The molecule has 0 fully saturated rings. The van der Waals surface area contributed by atoms with Gasteiger partial charge in [-0.05, 0) is 42.0 Å². The van der Waals surface area contributed by atoms with Crippen LogP contribution in [0.3, 0.4) is 0 Å². The molecule has 1 amide bonds. The van der Waals surface area contributed by atoms with E-state index in [2.05, 4.69) is 10.5 Å². The molecule has 0 saturated carbocycles. The normalized spacial score (nSPS) is 10.6. The number of carbonyl (C=O) groups is 1. The Labute approximate surface area is 156 Å². The monoisotopic (exact) mass is 364 g/mol. The van der Waals surface area contributed by atoms with E-state index in [4.69, 9.17) is 9.57 Å². The van der Waals surface area contributed by atoms with E-state index in [-0.39, 0.29) is 12.4 Å². The van der Waals surface area contributed by atoms with Gasteiger partial charge in [0.15, 0.2) is 12.4 Å². The van der Waals surface area contributed by atoms with Crippen LogP contribution in [0.2, 0.25) is 0 Å². The number of para-hydroxylation sites is 3. The third-order valence-corrected chi connectivity index (χ3v) is 3.45. The Morgan fingerprint density at radius 1 is 1.00 bits per heavy atom. The van der Waals surface area contributed by atoms with E-state index < -0.39 is 5.91 Å². The number of amides is 1. The van der Waals surface area contributed by atoms with Crippen LogP contribution in [0, 0.1) is 5.82 Å². The summed E-state index contributed by atoms with van der Waals surface area (Å²) < 4.78 is 18.8. The van der Waals surface area contributed by atoms with Gasteiger partial charge in [0.05, 0.1) is 11.9 Å². The van der Waals surface area contributed by atoms with Gasteiger partial charge in [0.25, 0.3) is 5.91 Å². The third-order valence-electron chi connectivity index (χ3n) is 3.45. The fourth-order valence-electron chi connectivity index (χ4n) is 2.24. The Kier molecular flexibility index (Phi) is 6.14. The molecule has 0 aliphatic heterocycles. The summed E-state index contributed by atoms with van der Waals surface area (Å²) in [5, 5.41) is 6.39. The van der Waals surface area contributed by atoms with Crippen molar-refractivity contribution in [2.75, 3.05) is 11.9 Å². The number of rotatable bonds is 7. The zero-order chi connectivity index (χ0) is 18.9. The van der Waals surface area contributed by atoms with Crippen LogP contribution in [0.1, 0.15) is 5.56 Å². The first-order valence-electron chi connectivity index (χ1n) is 8.23. The summed E-state index contributed by atoms with van der Waals surface area (Å²) >= 11 is 0. The van der Waals surface area contributed by atoms with Crippen LogP contribution in [0.4, 0.5) is 10.1 Å². The van der Waals surface area contributed by atoms with Gasteiger partial charge >= 0.3 is 0 Å². The molecule has 3 rings (SSSR count). The summed E-state index contributed by atoms with van der Waals surface area (Å²) in [6, 6.07) is 22.2. The van der Waals surface area contributed by atoms with Crippen molar-refractivity contribution in [3.05, 3.63) is 90.2 Å². The molecular weight excluding hydrogens is 347 g/mol. The van der Waals surface area contributed by atoms with E-state index in [1.165, 1.54) is 18.3 Å². The molecule has 136 valence electrons. The Bertz CT molecular complexity index is 929. The Morgan fingerprint density at radius 3 is 2.59 bits per heavy atom.